The minimum Gasteiger partial charge on any atom is -0.493 e. The van der Waals surface area contributed by atoms with E-state index in [-0.39, 0.29) is 0 Å². The number of rotatable bonds is 8. The van der Waals surface area contributed by atoms with Gasteiger partial charge in [0.1, 0.15) is 5.82 Å². The van der Waals surface area contributed by atoms with Gasteiger partial charge in [0.2, 0.25) is 5.95 Å². The van der Waals surface area contributed by atoms with Gasteiger partial charge in [-0.15, -0.1) is 0 Å². The zero-order valence-corrected chi connectivity index (χ0v) is 18.2. The maximum absolute atomic E-state index is 6.16. The lowest BCUT2D eigenvalue weighted by Crippen LogP contribution is -2.47. The number of nitrogens with two attached hydrogens (primary N) is 1. The molecule has 4 rings (SSSR count). The minimum absolute atomic E-state index is 0.419. The molecular weight excluding hydrogens is 392 g/mol. The Morgan fingerprint density at radius 2 is 1.61 bits per heavy atom. The van der Waals surface area contributed by atoms with Crippen molar-refractivity contribution in [2.75, 3.05) is 64.5 Å². The molecule has 0 radical (unpaired) electrons. The Labute approximate surface area is 183 Å². The third-order valence-corrected chi connectivity index (χ3v) is 5.66. The summed E-state index contributed by atoms with van der Waals surface area (Å²) in [5.74, 6) is 2.17. The average molecular weight is 423 g/mol. The predicted molar refractivity (Wildman–Crippen MR) is 124 cm³/mol. The molecule has 0 amide bonds. The Morgan fingerprint density at radius 3 is 2.32 bits per heavy atom. The number of fused-ring (bicyclic) bond motifs is 1. The van der Waals surface area contributed by atoms with Crippen molar-refractivity contribution in [1.29, 1.82) is 0 Å². The number of nitrogens with one attached hydrogen (secondary N) is 1. The lowest BCUT2D eigenvalue weighted by molar-refractivity contribution is 0.130. The van der Waals surface area contributed by atoms with Gasteiger partial charge in [0, 0.05) is 57.3 Å². The first-order chi connectivity index (χ1) is 15.2. The Hall–Kier alpha value is -3.10. The van der Waals surface area contributed by atoms with Crippen molar-refractivity contribution in [2.24, 2.45) is 0 Å². The molecule has 1 aromatic heterocycles. The number of anilines is 2. The lowest BCUT2D eigenvalue weighted by atomic mass is 10.2. The molecule has 0 saturated carbocycles. The zero-order chi connectivity index (χ0) is 21.6. The highest BCUT2D eigenvalue weighted by molar-refractivity contribution is 5.91. The summed E-state index contributed by atoms with van der Waals surface area (Å²) in [6, 6.07) is 14.3. The van der Waals surface area contributed by atoms with Gasteiger partial charge in [-0.1, -0.05) is 30.3 Å². The van der Waals surface area contributed by atoms with Crippen LogP contribution >= 0.6 is 0 Å². The number of hydrogen-bond donors (Lipinski definition) is 2. The third-order valence-electron chi connectivity index (χ3n) is 5.66. The maximum atomic E-state index is 6.16. The number of aromatic nitrogens is 2. The van der Waals surface area contributed by atoms with Gasteiger partial charge in [-0.3, -0.25) is 9.80 Å². The van der Waals surface area contributed by atoms with Crippen LogP contribution in [-0.4, -0.2) is 73.3 Å². The Morgan fingerprint density at radius 1 is 0.935 bits per heavy atom. The molecule has 0 bridgehead atoms. The molecule has 31 heavy (non-hydrogen) atoms. The predicted octanol–water partition coefficient (Wildman–Crippen LogP) is 2.46. The molecule has 8 heteroatoms. The number of nitrogens with zero attached hydrogens (tertiary/aromatic N) is 4. The van der Waals surface area contributed by atoms with Gasteiger partial charge < -0.3 is 20.5 Å². The molecule has 1 saturated heterocycles. The lowest BCUT2D eigenvalue weighted by Gasteiger charge is -2.34. The second-order valence-electron chi connectivity index (χ2n) is 7.69. The van der Waals surface area contributed by atoms with Gasteiger partial charge in [-0.2, -0.15) is 4.98 Å². The van der Waals surface area contributed by atoms with Gasteiger partial charge >= 0.3 is 0 Å². The summed E-state index contributed by atoms with van der Waals surface area (Å²) in [4.78, 5) is 14.0. The monoisotopic (exact) mass is 422 g/mol. The summed E-state index contributed by atoms with van der Waals surface area (Å²) in [6.07, 6.45) is 0. The third kappa shape index (κ3) is 5.15. The number of nitrogen functional groups attached to an aromatic ring is 1. The zero-order valence-electron chi connectivity index (χ0n) is 18.2. The second-order valence-corrected chi connectivity index (χ2v) is 7.69. The molecule has 0 spiro atoms. The Bertz CT molecular complexity index is 1010. The maximum Gasteiger partial charge on any atom is 0.225 e. The van der Waals surface area contributed by atoms with Crippen LogP contribution in [0.25, 0.3) is 10.9 Å². The quantitative estimate of drug-likeness (QED) is 0.572. The summed E-state index contributed by atoms with van der Waals surface area (Å²) in [7, 11) is 3.20. The number of benzene rings is 2. The molecular formula is C23H30N6O2. The van der Waals surface area contributed by atoms with Gasteiger partial charge in [0.05, 0.1) is 19.7 Å². The molecule has 2 aromatic carbocycles. The number of hydrogen-bond acceptors (Lipinski definition) is 8. The minimum atomic E-state index is 0.419. The molecule has 1 fully saturated rings. The summed E-state index contributed by atoms with van der Waals surface area (Å²) in [5, 5.41) is 4.06. The van der Waals surface area contributed by atoms with Crippen molar-refractivity contribution >= 4 is 22.7 Å². The van der Waals surface area contributed by atoms with E-state index in [9.17, 15) is 0 Å². The summed E-state index contributed by atoms with van der Waals surface area (Å²) < 4.78 is 10.7. The SMILES string of the molecule is COc1cc2nc(NCCN3CCN(Cc4ccccc4)CC3)nc(N)c2cc1OC. The number of methoxy groups -OCH3 is 2. The largest absolute Gasteiger partial charge is 0.493 e. The molecule has 0 aliphatic carbocycles. The van der Waals surface area contributed by atoms with E-state index in [0.29, 0.717) is 23.3 Å². The first kappa shape index (κ1) is 21.1. The van der Waals surface area contributed by atoms with Crippen LogP contribution in [0.3, 0.4) is 0 Å². The normalized spacial score (nSPS) is 15.2. The van der Waals surface area contributed by atoms with Crippen LogP contribution in [-0.2, 0) is 6.54 Å². The highest BCUT2D eigenvalue weighted by Crippen LogP contribution is 2.33. The standard InChI is InChI=1S/C23H30N6O2/c1-30-20-14-18-19(15-21(20)31-2)26-23(27-22(18)24)25-8-9-28-10-12-29(13-11-28)16-17-6-4-3-5-7-17/h3-7,14-15H,8-13,16H2,1-2H3,(H3,24,25,26,27). The van der Waals surface area contributed by atoms with E-state index in [2.05, 4.69) is 55.4 Å². The van der Waals surface area contributed by atoms with Crippen LogP contribution in [0.15, 0.2) is 42.5 Å². The van der Waals surface area contributed by atoms with Crippen molar-refractivity contribution in [1.82, 2.24) is 19.8 Å². The molecule has 8 nitrogen and oxygen atoms in total. The molecule has 0 atom stereocenters. The molecule has 2 heterocycles. The first-order valence-electron chi connectivity index (χ1n) is 10.6. The van der Waals surface area contributed by atoms with Crippen molar-refractivity contribution in [3.63, 3.8) is 0 Å². The van der Waals surface area contributed by atoms with E-state index in [1.165, 1.54) is 5.56 Å². The van der Waals surface area contributed by atoms with Gasteiger partial charge in [0.25, 0.3) is 0 Å². The first-order valence-corrected chi connectivity index (χ1v) is 10.6. The fourth-order valence-corrected chi connectivity index (χ4v) is 3.90. The summed E-state index contributed by atoms with van der Waals surface area (Å²) in [5.41, 5.74) is 8.26. The van der Waals surface area contributed by atoms with Crippen LogP contribution in [0.5, 0.6) is 11.5 Å². The van der Waals surface area contributed by atoms with E-state index in [1.807, 2.05) is 12.1 Å². The van der Waals surface area contributed by atoms with E-state index < -0.39 is 0 Å². The van der Waals surface area contributed by atoms with Gasteiger partial charge in [-0.05, 0) is 11.6 Å². The molecule has 3 N–H and O–H groups in total. The molecule has 3 aromatic rings. The van der Waals surface area contributed by atoms with E-state index >= 15 is 0 Å². The van der Waals surface area contributed by atoms with Gasteiger partial charge in [-0.25, -0.2) is 4.98 Å². The van der Waals surface area contributed by atoms with Gasteiger partial charge in [0.15, 0.2) is 11.5 Å². The highest BCUT2D eigenvalue weighted by Gasteiger charge is 2.17. The van der Waals surface area contributed by atoms with E-state index in [4.69, 9.17) is 15.2 Å². The average Bonchev–Trinajstić information content (AvgIpc) is 2.80. The number of ether oxygens (including phenoxy) is 2. The Kier molecular flexibility index (Phi) is 6.69. The van der Waals surface area contributed by atoms with E-state index in [1.54, 1.807) is 14.2 Å². The number of piperazine rings is 1. The summed E-state index contributed by atoms with van der Waals surface area (Å²) >= 11 is 0. The second kappa shape index (κ2) is 9.80. The van der Waals surface area contributed by atoms with Crippen LogP contribution in [0.1, 0.15) is 5.56 Å². The van der Waals surface area contributed by atoms with Crippen LogP contribution in [0.4, 0.5) is 11.8 Å². The van der Waals surface area contributed by atoms with Crippen LogP contribution in [0, 0.1) is 0 Å². The molecule has 164 valence electrons. The smallest absolute Gasteiger partial charge is 0.225 e. The van der Waals surface area contributed by atoms with Crippen molar-refractivity contribution in [2.45, 2.75) is 6.54 Å². The fraction of sp³-hybridized carbons (Fsp3) is 0.391. The van der Waals surface area contributed by atoms with Crippen molar-refractivity contribution < 1.29 is 9.47 Å². The van der Waals surface area contributed by atoms with Crippen molar-refractivity contribution in [3.05, 3.63) is 48.0 Å². The molecule has 1 aliphatic heterocycles. The highest BCUT2D eigenvalue weighted by atomic mass is 16.5. The summed E-state index contributed by atoms with van der Waals surface area (Å²) in [6.45, 7) is 7.00. The van der Waals surface area contributed by atoms with E-state index in [0.717, 1.165) is 56.7 Å². The fourth-order valence-electron chi connectivity index (χ4n) is 3.90. The molecule has 1 aliphatic rings. The molecule has 0 unspecified atom stereocenters. The van der Waals surface area contributed by atoms with Crippen molar-refractivity contribution in [3.8, 4) is 11.5 Å². The Balaban J connectivity index is 1.30. The van der Waals surface area contributed by atoms with Crippen LogP contribution in [0.2, 0.25) is 0 Å². The topological polar surface area (TPSA) is 88.8 Å². The van der Waals surface area contributed by atoms with Crippen LogP contribution < -0.4 is 20.5 Å².